The number of aryl methyl sites for hydroxylation is 1. The third kappa shape index (κ3) is 6.63. The molecule has 5 N–H and O–H groups in total. The third-order valence-electron chi connectivity index (χ3n) is 7.16. The monoisotopic (exact) mass is 599 g/mol. The molecule has 0 saturated heterocycles. The Morgan fingerprint density at radius 2 is 1.83 bits per heavy atom. The van der Waals surface area contributed by atoms with E-state index < -0.39 is 17.5 Å². The molecule has 2 aromatic heterocycles. The van der Waals surface area contributed by atoms with Gasteiger partial charge in [0, 0.05) is 30.5 Å². The van der Waals surface area contributed by atoms with E-state index in [2.05, 4.69) is 25.6 Å². The standard InChI is InChI=1S/C29H28F3N5O4S/c1-16-10-19(13-20(11-16)36-27-33-9-6-24(37-27)29(30,31)32)23-15-35-26(42-23)28(41)7-4-18(5-8-28)25(40)34-14-17-2-3-21(38)22(39)12-17/h2-3,6,9-13,15,18,38-39,41H,4-5,7-8,14H2,1H3,(H,34,40)(H,33,36,37). The number of thiazole rings is 1. The lowest BCUT2D eigenvalue weighted by atomic mass is 9.78. The molecule has 0 unspecified atom stereocenters. The molecule has 42 heavy (non-hydrogen) atoms. The van der Waals surface area contributed by atoms with E-state index in [-0.39, 0.29) is 35.8 Å². The Kier molecular flexibility index (Phi) is 8.06. The number of hydrogen-bond acceptors (Lipinski definition) is 9. The minimum atomic E-state index is -4.59. The van der Waals surface area contributed by atoms with Crippen molar-refractivity contribution in [2.24, 2.45) is 5.92 Å². The summed E-state index contributed by atoms with van der Waals surface area (Å²) in [6.07, 6.45) is -0.246. The van der Waals surface area contributed by atoms with Crippen molar-refractivity contribution in [1.29, 1.82) is 0 Å². The quantitative estimate of drug-likeness (QED) is 0.169. The van der Waals surface area contributed by atoms with Crippen LogP contribution in [0, 0.1) is 12.8 Å². The van der Waals surface area contributed by atoms with Gasteiger partial charge in [0.15, 0.2) is 11.5 Å². The minimum absolute atomic E-state index is 0.144. The number of nitrogens with zero attached hydrogens (tertiary/aromatic N) is 3. The van der Waals surface area contributed by atoms with Gasteiger partial charge in [-0.05, 0) is 79.6 Å². The van der Waals surface area contributed by atoms with Gasteiger partial charge in [0.2, 0.25) is 11.9 Å². The first-order chi connectivity index (χ1) is 19.9. The summed E-state index contributed by atoms with van der Waals surface area (Å²) in [7, 11) is 0. The van der Waals surface area contributed by atoms with E-state index in [1.54, 1.807) is 24.4 Å². The van der Waals surface area contributed by atoms with Crippen LogP contribution in [0.25, 0.3) is 10.4 Å². The number of aromatic hydroxyl groups is 2. The van der Waals surface area contributed by atoms with E-state index in [9.17, 15) is 33.3 Å². The molecule has 1 saturated carbocycles. The second-order valence-electron chi connectivity index (χ2n) is 10.4. The number of aliphatic hydroxyl groups is 1. The summed E-state index contributed by atoms with van der Waals surface area (Å²) in [5, 5.41) is 36.7. The summed E-state index contributed by atoms with van der Waals surface area (Å²) in [5.41, 5.74) is 0.553. The van der Waals surface area contributed by atoms with Gasteiger partial charge in [-0.1, -0.05) is 12.1 Å². The third-order valence-corrected chi connectivity index (χ3v) is 8.40. The predicted molar refractivity (Wildman–Crippen MR) is 150 cm³/mol. The van der Waals surface area contributed by atoms with Crippen LogP contribution >= 0.6 is 11.3 Å². The molecule has 220 valence electrons. The first-order valence-electron chi connectivity index (χ1n) is 13.2. The van der Waals surface area contributed by atoms with Crippen molar-refractivity contribution < 1.29 is 33.3 Å². The van der Waals surface area contributed by atoms with Crippen LogP contribution in [-0.2, 0) is 23.1 Å². The average molecular weight is 600 g/mol. The van der Waals surface area contributed by atoms with E-state index in [1.807, 2.05) is 13.0 Å². The summed E-state index contributed by atoms with van der Waals surface area (Å²) >= 11 is 1.33. The molecule has 1 amide bonds. The van der Waals surface area contributed by atoms with Crippen molar-refractivity contribution in [3.63, 3.8) is 0 Å². The number of halogens is 3. The van der Waals surface area contributed by atoms with Gasteiger partial charge >= 0.3 is 6.18 Å². The zero-order valence-electron chi connectivity index (χ0n) is 22.4. The second kappa shape index (κ2) is 11.6. The molecule has 1 aliphatic carbocycles. The SMILES string of the molecule is Cc1cc(Nc2nccc(C(F)(F)F)n2)cc(-c2cnc(C3(O)CCC(C(=O)NCc4ccc(O)c(O)c4)CC3)s2)c1. The number of carbonyl (C=O) groups is 1. The molecule has 5 rings (SSSR count). The smallest absolute Gasteiger partial charge is 0.433 e. The molecule has 13 heteroatoms. The number of alkyl halides is 3. The Morgan fingerprint density at radius 1 is 1.07 bits per heavy atom. The van der Waals surface area contributed by atoms with Crippen LogP contribution in [0.15, 0.2) is 54.9 Å². The fourth-order valence-corrected chi connectivity index (χ4v) is 5.96. The van der Waals surface area contributed by atoms with Gasteiger partial charge in [-0.2, -0.15) is 13.2 Å². The largest absolute Gasteiger partial charge is 0.504 e. The van der Waals surface area contributed by atoms with Gasteiger partial charge < -0.3 is 26.0 Å². The number of aromatic nitrogens is 3. The molecule has 0 spiro atoms. The Labute approximate surface area is 243 Å². The van der Waals surface area contributed by atoms with Crippen LogP contribution in [0.1, 0.15) is 47.5 Å². The summed E-state index contributed by atoms with van der Waals surface area (Å²) in [4.78, 5) is 25.4. The molecular formula is C29H28F3N5O4S. The zero-order valence-corrected chi connectivity index (χ0v) is 23.3. The Morgan fingerprint density at radius 3 is 2.55 bits per heavy atom. The lowest BCUT2D eigenvalue weighted by Crippen LogP contribution is -2.38. The van der Waals surface area contributed by atoms with Crippen LogP contribution in [0.3, 0.4) is 0 Å². The number of phenolic OH excluding ortho intramolecular Hbond substituents is 2. The van der Waals surface area contributed by atoms with E-state index >= 15 is 0 Å². The van der Waals surface area contributed by atoms with Crippen molar-refractivity contribution in [3.8, 4) is 21.9 Å². The molecule has 2 heterocycles. The van der Waals surface area contributed by atoms with Crippen LogP contribution in [0.2, 0.25) is 0 Å². The Hall–Kier alpha value is -4.23. The van der Waals surface area contributed by atoms with Crippen molar-refractivity contribution >= 4 is 28.9 Å². The Balaban J connectivity index is 1.23. The molecule has 0 radical (unpaired) electrons. The van der Waals surface area contributed by atoms with Crippen molar-refractivity contribution in [2.75, 3.05) is 5.32 Å². The van der Waals surface area contributed by atoms with E-state index in [1.165, 1.54) is 23.5 Å². The summed E-state index contributed by atoms with van der Waals surface area (Å²) in [5.74, 6) is -1.09. The van der Waals surface area contributed by atoms with Crippen molar-refractivity contribution in [1.82, 2.24) is 20.3 Å². The van der Waals surface area contributed by atoms with Gasteiger partial charge in [-0.15, -0.1) is 11.3 Å². The number of amides is 1. The van der Waals surface area contributed by atoms with Crippen molar-refractivity contribution in [3.05, 3.63) is 76.7 Å². The first-order valence-corrected chi connectivity index (χ1v) is 14.0. The summed E-state index contributed by atoms with van der Waals surface area (Å²) < 4.78 is 39.1. The molecule has 0 bridgehead atoms. The number of rotatable bonds is 7. The topological polar surface area (TPSA) is 140 Å². The molecular weight excluding hydrogens is 571 g/mol. The maximum atomic E-state index is 13.0. The number of carbonyl (C=O) groups excluding carboxylic acids is 1. The first kappa shape index (κ1) is 29.3. The van der Waals surface area contributed by atoms with Crippen LogP contribution in [-0.4, -0.2) is 36.2 Å². The highest BCUT2D eigenvalue weighted by atomic mass is 32.1. The summed E-state index contributed by atoms with van der Waals surface area (Å²) in [6, 6.07) is 10.6. The molecule has 0 atom stereocenters. The fourth-order valence-electron chi connectivity index (χ4n) is 4.91. The van der Waals surface area contributed by atoms with Crippen LogP contribution < -0.4 is 10.6 Å². The van der Waals surface area contributed by atoms with Gasteiger partial charge in [-0.3, -0.25) is 4.79 Å². The number of hydrogen-bond donors (Lipinski definition) is 5. The Bertz CT molecular complexity index is 1600. The van der Waals surface area contributed by atoms with Gasteiger partial charge in [0.05, 0.1) is 4.88 Å². The van der Waals surface area contributed by atoms with Crippen LogP contribution in [0.5, 0.6) is 11.5 Å². The molecule has 9 nitrogen and oxygen atoms in total. The number of phenols is 2. The minimum Gasteiger partial charge on any atom is -0.504 e. The van der Waals surface area contributed by atoms with E-state index in [0.717, 1.165) is 28.3 Å². The number of benzene rings is 2. The molecule has 1 fully saturated rings. The highest BCUT2D eigenvalue weighted by Gasteiger charge is 2.39. The zero-order chi connectivity index (χ0) is 30.1. The van der Waals surface area contributed by atoms with E-state index in [0.29, 0.717) is 41.9 Å². The molecule has 4 aromatic rings. The highest BCUT2D eigenvalue weighted by Crippen LogP contribution is 2.43. The lowest BCUT2D eigenvalue weighted by molar-refractivity contribution is -0.141. The van der Waals surface area contributed by atoms with E-state index in [4.69, 9.17) is 0 Å². The predicted octanol–water partition coefficient (Wildman–Crippen LogP) is 5.78. The van der Waals surface area contributed by atoms with Gasteiger partial charge in [-0.25, -0.2) is 15.0 Å². The van der Waals surface area contributed by atoms with Crippen LogP contribution in [0.4, 0.5) is 24.8 Å². The van der Waals surface area contributed by atoms with Gasteiger partial charge in [0.1, 0.15) is 16.3 Å². The number of anilines is 2. The average Bonchev–Trinajstić information content (AvgIpc) is 3.45. The number of nitrogens with one attached hydrogen (secondary N) is 2. The fraction of sp³-hybridized carbons (Fsp3) is 0.310. The van der Waals surface area contributed by atoms with Gasteiger partial charge in [0.25, 0.3) is 0 Å². The normalized spacial score (nSPS) is 18.9. The lowest BCUT2D eigenvalue weighted by Gasteiger charge is -2.33. The maximum absolute atomic E-state index is 13.0. The summed E-state index contributed by atoms with van der Waals surface area (Å²) in [6.45, 7) is 2.06. The maximum Gasteiger partial charge on any atom is 0.433 e. The highest BCUT2D eigenvalue weighted by molar-refractivity contribution is 7.15. The molecule has 1 aliphatic rings. The molecule has 0 aliphatic heterocycles. The molecule has 2 aromatic carbocycles. The van der Waals surface area contributed by atoms with Crippen molar-refractivity contribution in [2.45, 2.75) is 50.9 Å². The second-order valence-corrected chi connectivity index (χ2v) is 11.4.